The van der Waals surface area contributed by atoms with E-state index in [9.17, 15) is 0 Å². The number of hydrogen-bond donors (Lipinski definition) is 2. The Morgan fingerprint density at radius 1 is 1.19 bits per heavy atom. The van der Waals surface area contributed by atoms with E-state index in [1.54, 1.807) is 0 Å². The lowest BCUT2D eigenvalue weighted by molar-refractivity contribution is -0.0250. The molecule has 2 bridgehead atoms. The van der Waals surface area contributed by atoms with Crippen LogP contribution in [0.1, 0.15) is 50.7 Å². The summed E-state index contributed by atoms with van der Waals surface area (Å²) in [6.07, 6.45) is 6.75. The molecule has 3 aliphatic heterocycles. The SMILES string of the molecule is CCNC(=NCC1CCCOC1c1ccccc1)NC1CC2CCC1O2. The second kappa shape index (κ2) is 8.40. The molecular formula is C21H31N3O2. The van der Waals surface area contributed by atoms with Crippen molar-refractivity contribution in [1.82, 2.24) is 10.6 Å². The number of hydrogen-bond acceptors (Lipinski definition) is 3. The second-order valence-electron chi connectivity index (χ2n) is 7.68. The van der Waals surface area contributed by atoms with Gasteiger partial charge in [0.15, 0.2) is 5.96 Å². The van der Waals surface area contributed by atoms with Crippen molar-refractivity contribution in [2.45, 2.75) is 63.4 Å². The molecule has 4 rings (SSSR count). The zero-order valence-electron chi connectivity index (χ0n) is 15.7. The molecule has 5 heteroatoms. The lowest BCUT2D eigenvalue weighted by Crippen LogP contribution is -2.47. The monoisotopic (exact) mass is 357 g/mol. The first-order valence-electron chi connectivity index (χ1n) is 10.2. The number of nitrogens with one attached hydrogen (secondary N) is 2. The summed E-state index contributed by atoms with van der Waals surface area (Å²) in [5, 5.41) is 7.02. The maximum absolute atomic E-state index is 6.11. The van der Waals surface area contributed by atoms with E-state index in [0.29, 0.717) is 24.2 Å². The van der Waals surface area contributed by atoms with Crippen LogP contribution in [0.25, 0.3) is 0 Å². The lowest BCUT2D eigenvalue weighted by atomic mass is 9.89. The predicted molar refractivity (Wildman–Crippen MR) is 103 cm³/mol. The molecular weight excluding hydrogens is 326 g/mol. The number of rotatable bonds is 5. The van der Waals surface area contributed by atoms with Gasteiger partial charge in [-0.05, 0) is 44.6 Å². The van der Waals surface area contributed by atoms with Gasteiger partial charge >= 0.3 is 0 Å². The van der Waals surface area contributed by atoms with E-state index in [-0.39, 0.29) is 6.10 Å². The molecule has 0 amide bonds. The molecule has 5 nitrogen and oxygen atoms in total. The first kappa shape index (κ1) is 17.8. The summed E-state index contributed by atoms with van der Waals surface area (Å²) in [5.41, 5.74) is 1.27. The van der Waals surface area contributed by atoms with Gasteiger partial charge in [0.2, 0.25) is 0 Å². The van der Waals surface area contributed by atoms with Gasteiger partial charge in [-0.2, -0.15) is 0 Å². The van der Waals surface area contributed by atoms with Gasteiger partial charge in [0, 0.05) is 25.6 Å². The molecule has 26 heavy (non-hydrogen) atoms. The number of guanidine groups is 1. The van der Waals surface area contributed by atoms with Crippen LogP contribution in [0.15, 0.2) is 35.3 Å². The minimum Gasteiger partial charge on any atom is -0.373 e. The molecule has 3 saturated heterocycles. The predicted octanol–water partition coefficient (Wildman–Crippen LogP) is 3.03. The van der Waals surface area contributed by atoms with E-state index in [0.717, 1.165) is 38.5 Å². The van der Waals surface area contributed by atoms with Gasteiger partial charge in [0.25, 0.3) is 0 Å². The molecule has 3 fully saturated rings. The van der Waals surface area contributed by atoms with Gasteiger partial charge in [-0.3, -0.25) is 4.99 Å². The van der Waals surface area contributed by atoms with Gasteiger partial charge in [0.1, 0.15) is 0 Å². The summed E-state index contributed by atoms with van der Waals surface area (Å²) in [6, 6.07) is 11.0. The fourth-order valence-electron chi connectivity index (χ4n) is 4.54. The fourth-order valence-corrected chi connectivity index (χ4v) is 4.54. The standard InChI is InChI=1S/C21H31N3O2/c1-2-22-21(24-18-13-17-10-11-19(18)26-17)23-14-16-9-6-12-25-20(16)15-7-4-3-5-8-15/h3-5,7-8,16-20H,2,6,9-14H2,1H3,(H2,22,23,24). The summed E-state index contributed by atoms with van der Waals surface area (Å²) in [6.45, 7) is 4.62. The summed E-state index contributed by atoms with van der Waals surface area (Å²) in [5.74, 6) is 1.35. The van der Waals surface area contributed by atoms with Crippen molar-refractivity contribution in [3.63, 3.8) is 0 Å². The summed E-state index contributed by atoms with van der Waals surface area (Å²) >= 11 is 0. The van der Waals surface area contributed by atoms with Crippen LogP contribution >= 0.6 is 0 Å². The zero-order valence-corrected chi connectivity index (χ0v) is 15.7. The average Bonchev–Trinajstić information content (AvgIpc) is 3.30. The van der Waals surface area contributed by atoms with Crippen molar-refractivity contribution >= 4 is 5.96 Å². The molecule has 0 aliphatic carbocycles. The van der Waals surface area contributed by atoms with Crippen LogP contribution in [0.2, 0.25) is 0 Å². The van der Waals surface area contributed by atoms with Crippen molar-refractivity contribution in [1.29, 1.82) is 0 Å². The maximum Gasteiger partial charge on any atom is 0.191 e. The molecule has 0 radical (unpaired) electrons. The van der Waals surface area contributed by atoms with E-state index < -0.39 is 0 Å². The van der Waals surface area contributed by atoms with Crippen LogP contribution in [0.5, 0.6) is 0 Å². The Morgan fingerprint density at radius 2 is 2.08 bits per heavy atom. The van der Waals surface area contributed by atoms with Crippen molar-refractivity contribution in [2.75, 3.05) is 19.7 Å². The Kier molecular flexibility index (Phi) is 5.75. The first-order valence-corrected chi connectivity index (χ1v) is 10.2. The number of ether oxygens (including phenoxy) is 2. The van der Waals surface area contributed by atoms with E-state index in [2.05, 4.69) is 47.9 Å². The Bertz CT molecular complexity index is 607. The smallest absolute Gasteiger partial charge is 0.191 e. The second-order valence-corrected chi connectivity index (χ2v) is 7.68. The Morgan fingerprint density at radius 3 is 2.81 bits per heavy atom. The quantitative estimate of drug-likeness (QED) is 0.628. The van der Waals surface area contributed by atoms with Crippen molar-refractivity contribution in [3.8, 4) is 0 Å². The normalized spacial score (nSPS) is 34.0. The maximum atomic E-state index is 6.11. The van der Waals surface area contributed by atoms with Gasteiger partial charge < -0.3 is 20.1 Å². The van der Waals surface area contributed by atoms with Crippen LogP contribution in [0.3, 0.4) is 0 Å². The van der Waals surface area contributed by atoms with Crippen LogP contribution < -0.4 is 10.6 Å². The first-order chi connectivity index (χ1) is 12.8. The van der Waals surface area contributed by atoms with Crippen molar-refractivity contribution < 1.29 is 9.47 Å². The van der Waals surface area contributed by atoms with E-state index >= 15 is 0 Å². The number of nitrogens with zero attached hydrogens (tertiary/aromatic N) is 1. The largest absolute Gasteiger partial charge is 0.373 e. The minimum atomic E-state index is 0.155. The van der Waals surface area contributed by atoms with Gasteiger partial charge in [-0.15, -0.1) is 0 Å². The van der Waals surface area contributed by atoms with Crippen molar-refractivity contribution in [2.24, 2.45) is 10.9 Å². The van der Waals surface area contributed by atoms with Crippen LogP contribution in [0, 0.1) is 5.92 Å². The molecule has 1 aromatic carbocycles. The highest BCUT2D eigenvalue weighted by atomic mass is 16.5. The number of fused-ring (bicyclic) bond motifs is 2. The molecule has 0 aromatic heterocycles. The van der Waals surface area contributed by atoms with Crippen molar-refractivity contribution in [3.05, 3.63) is 35.9 Å². The summed E-state index contributed by atoms with van der Waals surface area (Å²) in [7, 11) is 0. The third kappa shape index (κ3) is 4.04. The topological polar surface area (TPSA) is 54.9 Å². The molecule has 2 N–H and O–H groups in total. The van der Waals surface area contributed by atoms with E-state index in [1.807, 2.05) is 0 Å². The molecule has 0 saturated carbocycles. The number of aliphatic imine (C=N–C) groups is 1. The molecule has 3 aliphatic rings. The average molecular weight is 357 g/mol. The Hall–Kier alpha value is -1.59. The Labute approximate surface area is 156 Å². The van der Waals surface area contributed by atoms with Crippen LogP contribution in [-0.2, 0) is 9.47 Å². The highest BCUT2D eigenvalue weighted by molar-refractivity contribution is 5.80. The fraction of sp³-hybridized carbons (Fsp3) is 0.667. The van der Waals surface area contributed by atoms with E-state index in [1.165, 1.54) is 24.8 Å². The lowest BCUT2D eigenvalue weighted by Gasteiger charge is -2.31. The highest BCUT2D eigenvalue weighted by Crippen LogP contribution is 2.35. The van der Waals surface area contributed by atoms with Crippen LogP contribution in [0.4, 0.5) is 0 Å². The minimum absolute atomic E-state index is 0.155. The van der Waals surface area contributed by atoms with E-state index in [4.69, 9.17) is 14.5 Å². The highest BCUT2D eigenvalue weighted by Gasteiger charge is 2.41. The van der Waals surface area contributed by atoms with Crippen LogP contribution in [-0.4, -0.2) is 43.9 Å². The van der Waals surface area contributed by atoms with Gasteiger partial charge in [0.05, 0.1) is 24.4 Å². The zero-order chi connectivity index (χ0) is 17.8. The molecule has 142 valence electrons. The molecule has 5 unspecified atom stereocenters. The molecule has 1 aromatic rings. The molecule has 0 spiro atoms. The molecule has 5 atom stereocenters. The third-order valence-corrected chi connectivity index (χ3v) is 5.83. The van der Waals surface area contributed by atoms with Gasteiger partial charge in [-0.1, -0.05) is 30.3 Å². The van der Waals surface area contributed by atoms with Gasteiger partial charge in [-0.25, -0.2) is 0 Å². The molecule has 3 heterocycles. The summed E-state index contributed by atoms with van der Waals surface area (Å²) < 4.78 is 12.1. The Balaban J connectivity index is 1.41. The third-order valence-electron chi connectivity index (χ3n) is 5.83. The number of benzene rings is 1. The summed E-state index contributed by atoms with van der Waals surface area (Å²) in [4.78, 5) is 4.92.